The highest BCUT2D eigenvalue weighted by molar-refractivity contribution is 6.77. The van der Waals surface area contributed by atoms with Crippen LogP contribution in [-0.4, -0.2) is 45.6 Å². The summed E-state index contributed by atoms with van der Waals surface area (Å²) in [5.74, 6) is 0. The van der Waals surface area contributed by atoms with Gasteiger partial charge >= 0.3 is 6.09 Å². The zero-order chi connectivity index (χ0) is 17.7. The van der Waals surface area contributed by atoms with Gasteiger partial charge in [-0.25, -0.2) is 4.79 Å². The third-order valence-corrected chi connectivity index (χ3v) is 10.3. The Morgan fingerprint density at radius 2 is 1.52 bits per heavy atom. The number of rotatable bonds is 8. The standard InChI is InChI=1S/C16H35NO3Si/c1-10-19-16(18)17(9)11-15(8)20-21(12(2)3,13(4)5)14(6)7/h12-15H,10-11H2,1-9H3/t15-/m0/s1/i11D/t11-,15+/m1. The second-order valence-electron chi connectivity index (χ2n) is 6.60. The van der Waals surface area contributed by atoms with Crippen molar-refractivity contribution in [2.75, 3.05) is 20.2 Å². The molecule has 0 fully saturated rings. The topological polar surface area (TPSA) is 38.8 Å². The molecule has 126 valence electrons. The molecule has 0 unspecified atom stereocenters. The van der Waals surface area contributed by atoms with Crippen LogP contribution >= 0.6 is 0 Å². The minimum absolute atomic E-state index is 0.313. The highest BCUT2D eigenvalue weighted by Gasteiger charge is 2.46. The molecule has 0 aliphatic heterocycles. The fourth-order valence-electron chi connectivity index (χ4n) is 3.36. The van der Waals surface area contributed by atoms with Crippen molar-refractivity contribution in [2.45, 2.75) is 78.1 Å². The molecule has 0 radical (unpaired) electrons. The molecule has 0 saturated carbocycles. The molecule has 0 aromatic heterocycles. The molecule has 0 rings (SSSR count). The molecule has 0 heterocycles. The highest BCUT2D eigenvalue weighted by atomic mass is 28.4. The van der Waals surface area contributed by atoms with E-state index < -0.39 is 20.9 Å². The van der Waals surface area contributed by atoms with Gasteiger partial charge in [0.05, 0.1) is 14.1 Å². The van der Waals surface area contributed by atoms with Gasteiger partial charge in [0.25, 0.3) is 0 Å². The quantitative estimate of drug-likeness (QED) is 0.611. The maximum Gasteiger partial charge on any atom is 0.409 e. The van der Waals surface area contributed by atoms with Crippen LogP contribution in [0.5, 0.6) is 0 Å². The summed E-state index contributed by atoms with van der Waals surface area (Å²) >= 11 is 0. The SMILES string of the molecule is [2H][C@H]([C@H](C)O[Si](C(C)C)(C(C)C)C(C)C)N(C)C(=O)OCC. The summed E-state index contributed by atoms with van der Waals surface area (Å²) in [6.45, 7) is 16.5. The van der Waals surface area contributed by atoms with Gasteiger partial charge in [0.2, 0.25) is 8.32 Å². The average molecular weight is 319 g/mol. The van der Waals surface area contributed by atoms with Gasteiger partial charge in [-0.05, 0) is 30.5 Å². The van der Waals surface area contributed by atoms with Crippen molar-refractivity contribution in [3.63, 3.8) is 0 Å². The largest absolute Gasteiger partial charge is 0.450 e. The van der Waals surface area contributed by atoms with Crippen LogP contribution in [0.25, 0.3) is 0 Å². The van der Waals surface area contributed by atoms with E-state index in [1.54, 1.807) is 14.0 Å². The number of likely N-dealkylation sites (N-methyl/N-ethyl adjacent to an activating group) is 1. The summed E-state index contributed by atoms with van der Waals surface area (Å²) in [5.41, 5.74) is 1.36. The van der Waals surface area contributed by atoms with Crippen molar-refractivity contribution >= 4 is 14.4 Å². The van der Waals surface area contributed by atoms with Gasteiger partial charge in [-0.15, -0.1) is 0 Å². The first-order valence-electron chi connectivity index (χ1n) is 8.59. The number of amides is 1. The first-order chi connectivity index (χ1) is 10.0. The van der Waals surface area contributed by atoms with Crippen LogP contribution in [0.3, 0.4) is 0 Å². The van der Waals surface area contributed by atoms with Gasteiger partial charge in [-0.1, -0.05) is 41.5 Å². The molecule has 0 aromatic rings. The van der Waals surface area contributed by atoms with E-state index in [0.717, 1.165) is 0 Å². The van der Waals surface area contributed by atoms with Gasteiger partial charge in [0.1, 0.15) is 0 Å². The third kappa shape index (κ3) is 5.29. The number of nitrogens with zero attached hydrogens (tertiary/aromatic N) is 1. The fraction of sp³-hybridized carbons (Fsp3) is 0.938. The van der Waals surface area contributed by atoms with Crippen molar-refractivity contribution in [3.8, 4) is 0 Å². The lowest BCUT2D eigenvalue weighted by Crippen LogP contribution is -2.51. The smallest absolute Gasteiger partial charge is 0.409 e. The van der Waals surface area contributed by atoms with Crippen LogP contribution in [0, 0.1) is 0 Å². The van der Waals surface area contributed by atoms with Crippen LogP contribution in [0.15, 0.2) is 0 Å². The second-order valence-corrected chi connectivity index (χ2v) is 12.0. The van der Waals surface area contributed by atoms with Crippen molar-refractivity contribution in [3.05, 3.63) is 0 Å². The van der Waals surface area contributed by atoms with E-state index in [2.05, 4.69) is 41.5 Å². The van der Waals surface area contributed by atoms with Crippen molar-refractivity contribution < 1.29 is 15.3 Å². The Kier molecular flexibility index (Phi) is 7.74. The van der Waals surface area contributed by atoms with E-state index in [0.29, 0.717) is 23.2 Å². The first-order valence-corrected chi connectivity index (χ1v) is 10.2. The van der Waals surface area contributed by atoms with E-state index in [-0.39, 0.29) is 6.10 Å². The van der Waals surface area contributed by atoms with Crippen molar-refractivity contribution in [1.82, 2.24) is 4.90 Å². The summed E-state index contributed by atoms with van der Waals surface area (Å²) in [4.78, 5) is 13.1. The summed E-state index contributed by atoms with van der Waals surface area (Å²) in [6.07, 6.45) is -0.808. The van der Waals surface area contributed by atoms with Crippen LogP contribution in [0.1, 0.15) is 56.8 Å². The van der Waals surface area contributed by atoms with E-state index in [4.69, 9.17) is 10.5 Å². The molecule has 0 aliphatic rings. The van der Waals surface area contributed by atoms with Crippen LogP contribution < -0.4 is 0 Å². The average Bonchev–Trinajstić information content (AvgIpc) is 2.41. The number of ether oxygens (including phenoxy) is 1. The van der Waals surface area contributed by atoms with Crippen molar-refractivity contribution in [2.24, 2.45) is 0 Å². The van der Waals surface area contributed by atoms with E-state index >= 15 is 0 Å². The maximum absolute atomic E-state index is 11.8. The second kappa shape index (κ2) is 8.78. The molecule has 0 spiro atoms. The van der Waals surface area contributed by atoms with E-state index in [9.17, 15) is 4.79 Å². The monoisotopic (exact) mass is 318 g/mol. The number of hydrogen-bond acceptors (Lipinski definition) is 3. The maximum atomic E-state index is 11.8. The first kappa shape index (κ1) is 18.5. The lowest BCUT2D eigenvalue weighted by Gasteiger charge is -2.44. The summed E-state index contributed by atoms with van der Waals surface area (Å²) in [6, 6.07) is 0. The fourth-order valence-corrected chi connectivity index (χ4v) is 8.88. The third-order valence-electron chi connectivity index (χ3n) is 4.09. The van der Waals surface area contributed by atoms with E-state index in [1.807, 2.05) is 6.92 Å². The Bertz CT molecular complexity index is 329. The predicted molar refractivity (Wildman–Crippen MR) is 91.2 cm³/mol. The minimum atomic E-state index is -2.05. The molecule has 0 aliphatic carbocycles. The lowest BCUT2D eigenvalue weighted by atomic mass is 10.4. The molecule has 4 nitrogen and oxygen atoms in total. The van der Waals surface area contributed by atoms with Crippen LogP contribution in [0.4, 0.5) is 4.79 Å². The number of hydrogen-bond donors (Lipinski definition) is 0. The van der Waals surface area contributed by atoms with Gasteiger partial charge in [-0.3, -0.25) is 0 Å². The van der Waals surface area contributed by atoms with E-state index in [1.165, 1.54) is 4.90 Å². The minimum Gasteiger partial charge on any atom is -0.450 e. The van der Waals surface area contributed by atoms with Crippen LogP contribution in [-0.2, 0) is 9.16 Å². The lowest BCUT2D eigenvalue weighted by molar-refractivity contribution is 0.0929. The summed E-state index contributed by atoms with van der Waals surface area (Å²) in [7, 11) is -0.455. The molecule has 5 heteroatoms. The zero-order valence-electron chi connectivity index (χ0n) is 16.3. The van der Waals surface area contributed by atoms with Gasteiger partial charge < -0.3 is 14.1 Å². The molecular weight excluding hydrogens is 282 g/mol. The molecule has 0 aromatic carbocycles. The molecule has 0 bridgehead atoms. The Morgan fingerprint density at radius 3 is 1.86 bits per heavy atom. The Labute approximate surface area is 133 Å². The Balaban J connectivity index is 5.19. The normalized spacial score (nSPS) is 16.1. The molecule has 21 heavy (non-hydrogen) atoms. The number of carbonyl (C=O) groups excluding carboxylic acids is 1. The Morgan fingerprint density at radius 1 is 1.10 bits per heavy atom. The molecule has 0 N–H and O–H groups in total. The van der Waals surface area contributed by atoms with Gasteiger partial charge in [0, 0.05) is 13.6 Å². The summed E-state index contributed by atoms with van der Waals surface area (Å²) < 4.78 is 19.8. The van der Waals surface area contributed by atoms with Crippen molar-refractivity contribution in [1.29, 1.82) is 0 Å². The van der Waals surface area contributed by atoms with Gasteiger partial charge in [0.15, 0.2) is 0 Å². The van der Waals surface area contributed by atoms with Gasteiger partial charge in [-0.2, -0.15) is 0 Å². The highest BCUT2D eigenvalue weighted by Crippen LogP contribution is 2.42. The predicted octanol–water partition coefficient (Wildman–Crippen LogP) is 4.66. The molecule has 2 atom stereocenters. The van der Waals surface area contributed by atoms with Crippen LogP contribution in [0.2, 0.25) is 16.6 Å². The molecule has 0 saturated heterocycles. The Hall–Kier alpha value is -0.553. The summed E-state index contributed by atoms with van der Waals surface area (Å²) in [5, 5.41) is 0. The zero-order valence-corrected chi connectivity index (χ0v) is 16.3. The number of carbonyl (C=O) groups is 1. The molecule has 1 amide bonds. The molecular formula is C16H35NO3Si.